The van der Waals surface area contributed by atoms with E-state index in [0.717, 1.165) is 23.4 Å². The van der Waals surface area contributed by atoms with Gasteiger partial charge >= 0.3 is 0 Å². The van der Waals surface area contributed by atoms with Crippen molar-refractivity contribution in [1.29, 1.82) is 0 Å². The van der Waals surface area contributed by atoms with Crippen LogP contribution >= 0.6 is 24.2 Å². The van der Waals surface area contributed by atoms with Gasteiger partial charge < -0.3 is 11.1 Å². The molecule has 0 radical (unpaired) electrons. The number of hydrogen-bond donors (Lipinski definition) is 2. The molecule has 0 fully saturated rings. The molecule has 22 heavy (non-hydrogen) atoms. The number of anilines is 1. The molecule has 0 heterocycles. The lowest BCUT2D eigenvalue weighted by atomic mass is 9.99. The normalized spacial score (nSPS) is 13.4. The Morgan fingerprint density at radius 1 is 1.32 bits per heavy atom. The van der Waals surface area contributed by atoms with Crippen LogP contribution in [0.15, 0.2) is 18.2 Å². The van der Waals surface area contributed by atoms with Gasteiger partial charge in [-0.2, -0.15) is 11.8 Å². The van der Waals surface area contributed by atoms with Gasteiger partial charge in [0.1, 0.15) is 0 Å². The standard InChI is InChI=1S/C17H28N2OS.ClH/c1-6-12(4)16(18)17(20)19-15-9-7-8-14(13(15)5)10-21-11(2)3;/h7-9,11-12,16H,6,10,18H2,1-5H3,(H,19,20);1H. The van der Waals surface area contributed by atoms with Gasteiger partial charge in [-0.15, -0.1) is 12.4 Å². The molecule has 2 unspecified atom stereocenters. The fraction of sp³-hybridized carbons (Fsp3) is 0.588. The van der Waals surface area contributed by atoms with Crippen LogP contribution in [0.1, 0.15) is 45.2 Å². The summed E-state index contributed by atoms with van der Waals surface area (Å²) in [5.41, 5.74) is 9.27. The van der Waals surface area contributed by atoms with E-state index in [0.29, 0.717) is 5.25 Å². The third kappa shape index (κ3) is 6.19. The number of nitrogens with two attached hydrogens (primary N) is 1. The number of thioether (sulfide) groups is 1. The number of halogens is 1. The number of hydrogen-bond acceptors (Lipinski definition) is 3. The van der Waals surface area contributed by atoms with E-state index < -0.39 is 6.04 Å². The Labute approximate surface area is 145 Å². The first-order valence-corrected chi connectivity index (χ1v) is 8.68. The van der Waals surface area contributed by atoms with Crippen molar-refractivity contribution in [2.45, 2.75) is 58.1 Å². The molecule has 1 rings (SSSR count). The van der Waals surface area contributed by atoms with E-state index in [1.54, 1.807) is 0 Å². The Morgan fingerprint density at radius 2 is 1.95 bits per heavy atom. The molecule has 5 heteroatoms. The minimum atomic E-state index is -0.455. The summed E-state index contributed by atoms with van der Waals surface area (Å²) in [6.45, 7) is 10.5. The maximum atomic E-state index is 12.2. The van der Waals surface area contributed by atoms with Gasteiger partial charge in [-0.05, 0) is 35.3 Å². The van der Waals surface area contributed by atoms with E-state index in [2.05, 4.69) is 32.2 Å². The van der Waals surface area contributed by atoms with E-state index in [-0.39, 0.29) is 24.2 Å². The van der Waals surface area contributed by atoms with Crippen LogP contribution < -0.4 is 11.1 Å². The fourth-order valence-electron chi connectivity index (χ4n) is 1.96. The highest BCUT2D eigenvalue weighted by atomic mass is 35.5. The monoisotopic (exact) mass is 344 g/mol. The lowest BCUT2D eigenvalue weighted by Gasteiger charge is -2.19. The second-order valence-corrected chi connectivity index (χ2v) is 7.41. The molecule has 1 amide bonds. The molecule has 0 spiro atoms. The van der Waals surface area contributed by atoms with Gasteiger partial charge in [0.25, 0.3) is 0 Å². The first-order valence-electron chi connectivity index (χ1n) is 7.63. The zero-order chi connectivity index (χ0) is 16.0. The first kappa shape index (κ1) is 21.3. The second-order valence-electron chi connectivity index (χ2n) is 5.85. The van der Waals surface area contributed by atoms with Gasteiger partial charge in [0.15, 0.2) is 0 Å². The Morgan fingerprint density at radius 3 is 2.50 bits per heavy atom. The summed E-state index contributed by atoms with van der Waals surface area (Å²) in [6, 6.07) is 5.60. The SMILES string of the molecule is CCC(C)C(N)C(=O)Nc1cccc(CSC(C)C)c1C.Cl. The van der Waals surface area contributed by atoms with Gasteiger partial charge in [-0.3, -0.25) is 4.79 Å². The summed E-state index contributed by atoms with van der Waals surface area (Å²) in [6.07, 6.45) is 0.901. The molecule has 1 aromatic rings. The molecule has 1 aromatic carbocycles. The predicted molar refractivity (Wildman–Crippen MR) is 101 cm³/mol. The van der Waals surface area contributed by atoms with Crippen LogP contribution in [-0.4, -0.2) is 17.2 Å². The summed E-state index contributed by atoms with van der Waals surface area (Å²) in [7, 11) is 0. The van der Waals surface area contributed by atoms with Crippen molar-refractivity contribution in [2.75, 3.05) is 5.32 Å². The summed E-state index contributed by atoms with van der Waals surface area (Å²) in [4.78, 5) is 12.2. The molecule has 0 aliphatic rings. The lowest BCUT2D eigenvalue weighted by molar-refractivity contribution is -0.118. The third-order valence-corrected chi connectivity index (χ3v) is 4.98. The third-order valence-electron chi connectivity index (χ3n) is 3.84. The molecular formula is C17H29ClN2OS. The molecule has 2 atom stereocenters. The summed E-state index contributed by atoms with van der Waals surface area (Å²) in [5.74, 6) is 1.05. The maximum Gasteiger partial charge on any atom is 0.241 e. The van der Waals surface area contributed by atoms with Crippen LogP contribution in [-0.2, 0) is 10.5 Å². The Kier molecular flexibility index (Phi) is 9.81. The van der Waals surface area contributed by atoms with Gasteiger partial charge in [-0.25, -0.2) is 0 Å². The Hall–Kier alpha value is -0.710. The van der Waals surface area contributed by atoms with Crippen molar-refractivity contribution >= 4 is 35.8 Å². The van der Waals surface area contributed by atoms with E-state index in [4.69, 9.17) is 5.73 Å². The quantitative estimate of drug-likeness (QED) is 0.772. The van der Waals surface area contributed by atoms with Crippen molar-refractivity contribution in [3.63, 3.8) is 0 Å². The maximum absolute atomic E-state index is 12.2. The molecule has 3 N–H and O–H groups in total. The summed E-state index contributed by atoms with van der Waals surface area (Å²) < 4.78 is 0. The molecule has 0 aliphatic heterocycles. The molecule has 0 saturated carbocycles. The van der Waals surface area contributed by atoms with Crippen LogP contribution in [0.5, 0.6) is 0 Å². The molecule has 3 nitrogen and oxygen atoms in total. The van der Waals surface area contributed by atoms with E-state index in [1.165, 1.54) is 5.56 Å². The van der Waals surface area contributed by atoms with E-state index in [1.807, 2.05) is 37.7 Å². The zero-order valence-corrected chi connectivity index (χ0v) is 15.8. The van der Waals surface area contributed by atoms with Crippen molar-refractivity contribution < 1.29 is 4.79 Å². The average molecular weight is 345 g/mol. The smallest absolute Gasteiger partial charge is 0.241 e. The van der Waals surface area contributed by atoms with Crippen LogP contribution in [0, 0.1) is 12.8 Å². The van der Waals surface area contributed by atoms with Crippen LogP contribution in [0.25, 0.3) is 0 Å². The van der Waals surface area contributed by atoms with Crippen molar-refractivity contribution in [2.24, 2.45) is 11.7 Å². The largest absolute Gasteiger partial charge is 0.324 e. The van der Waals surface area contributed by atoms with Gasteiger partial charge in [0.05, 0.1) is 6.04 Å². The van der Waals surface area contributed by atoms with Crippen LogP contribution in [0.2, 0.25) is 0 Å². The van der Waals surface area contributed by atoms with E-state index in [9.17, 15) is 4.79 Å². The minimum absolute atomic E-state index is 0. The van der Waals surface area contributed by atoms with Crippen molar-refractivity contribution in [3.8, 4) is 0 Å². The average Bonchev–Trinajstić information content (AvgIpc) is 2.46. The summed E-state index contributed by atoms with van der Waals surface area (Å²) >= 11 is 1.90. The van der Waals surface area contributed by atoms with Crippen LogP contribution in [0.4, 0.5) is 5.69 Å². The highest BCUT2D eigenvalue weighted by molar-refractivity contribution is 7.99. The number of carbonyl (C=O) groups is 1. The Balaban J connectivity index is 0.00000441. The highest BCUT2D eigenvalue weighted by Gasteiger charge is 2.20. The Bertz CT molecular complexity index is 480. The molecule has 126 valence electrons. The van der Waals surface area contributed by atoms with Crippen molar-refractivity contribution in [3.05, 3.63) is 29.3 Å². The minimum Gasteiger partial charge on any atom is -0.324 e. The topological polar surface area (TPSA) is 55.1 Å². The molecule has 0 aliphatic carbocycles. The number of benzene rings is 1. The zero-order valence-electron chi connectivity index (χ0n) is 14.2. The van der Waals surface area contributed by atoms with Crippen LogP contribution in [0.3, 0.4) is 0 Å². The van der Waals surface area contributed by atoms with Gasteiger partial charge in [0, 0.05) is 11.4 Å². The molecular weight excluding hydrogens is 316 g/mol. The number of rotatable bonds is 7. The van der Waals surface area contributed by atoms with Gasteiger partial charge in [0.2, 0.25) is 5.91 Å². The first-order chi connectivity index (χ1) is 9.86. The molecule has 0 aromatic heterocycles. The lowest BCUT2D eigenvalue weighted by Crippen LogP contribution is -2.40. The predicted octanol–water partition coefficient (Wildman–Crippen LogP) is 4.37. The number of nitrogens with one attached hydrogen (secondary N) is 1. The highest BCUT2D eigenvalue weighted by Crippen LogP contribution is 2.25. The van der Waals surface area contributed by atoms with Crippen molar-refractivity contribution in [1.82, 2.24) is 0 Å². The molecule has 0 saturated heterocycles. The number of amides is 1. The van der Waals surface area contributed by atoms with E-state index >= 15 is 0 Å². The molecule has 0 bridgehead atoms. The summed E-state index contributed by atoms with van der Waals surface area (Å²) in [5, 5.41) is 3.58. The fourth-order valence-corrected chi connectivity index (χ4v) is 2.79. The number of carbonyl (C=O) groups excluding carboxylic acids is 1. The van der Waals surface area contributed by atoms with Gasteiger partial charge in [-0.1, -0.05) is 46.2 Å². The second kappa shape index (κ2) is 10.1.